The number of rotatable bonds is 7. The summed E-state index contributed by atoms with van der Waals surface area (Å²) in [4.78, 5) is 0. The predicted octanol–water partition coefficient (Wildman–Crippen LogP) is 36.7. The Morgan fingerprint density at radius 3 is 0.906 bits per heavy atom. The van der Waals surface area contributed by atoms with Crippen molar-refractivity contribution in [3.63, 3.8) is 0 Å². The van der Waals surface area contributed by atoms with E-state index in [4.69, 9.17) is 0 Å². The normalized spacial score (nSPS) is 12.3. The van der Waals surface area contributed by atoms with Gasteiger partial charge in [-0.2, -0.15) is 0 Å². The molecule has 0 saturated carbocycles. The molecule has 0 fully saturated rings. The van der Waals surface area contributed by atoms with Crippen molar-refractivity contribution in [1.82, 2.24) is 0 Å². The third-order valence-corrected chi connectivity index (χ3v) is 27.4. The fourth-order valence-electron chi connectivity index (χ4n) is 22.2. The molecule has 0 saturated heterocycles. The second-order valence-corrected chi connectivity index (χ2v) is 38.4. The van der Waals surface area contributed by atoms with Crippen molar-refractivity contribution in [3.8, 4) is 100 Å². The SMILES string of the molecule is CC(C)(C)c1c2ccccc2c(-c2cccc(-c3ccccc3)c2)c2ccc(-c3ccc4c(c3)-c3cccc5cccc-4c35)cc12.CC(C)(C)c1c2ccccc2c(-c2ccccc2)c2ccc(-c3cc4cccc5ccc6cccc3c6c54)cc12.CC(C)(C)c1c2ccccc2c(-c2ccccc2)c2ccc(-c3ccc4c5ccccc5c5ccccc5c4c3)cc12. The van der Waals surface area contributed by atoms with Crippen LogP contribution in [0.25, 0.3) is 240 Å². The molecule has 0 N–H and O–H groups in total. The molecule has 0 unspecified atom stereocenters. The topological polar surface area (TPSA) is 0 Å². The van der Waals surface area contributed by atoms with Crippen molar-refractivity contribution >= 4 is 140 Å². The van der Waals surface area contributed by atoms with E-state index in [-0.39, 0.29) is 16.2 Å². The van der Waals surface area contributed by atoms with Crippen molar-refractivity contribution in [3.05, 3.63) is 435 Å². The van der Waals surface area contributed by atoms with E-state index in [1.807, 2.05) is 0 Å². The zero-order chi connectivity index (χ0) is 86.4. The molecular weight excluding hydrogens is 1540 g/mol. The van der Waals surface area contributed by atoms with Crippen LogP contribution in [0.3, 0.4) is 0 Å². The summed E-state index contributed by atoms with van der Waals surface area (Å²) >= 11 is 0. The van der Waals surface area contributed by atoms with Crippen molar-refractivity contribution in [2.75, 3.05) is 0 Å². The summed E-state index contributed by atoms with van der Waals surface area (Å²) in [6.45, 7) is 21.1. The highest BCUT2D eigenvalue weighted by molar-refractivity contribution is 6.29. The van der Waals surface area contributed by atoms with E-state index in [0.717, 1.165) is 0 Å². The smallest absolute Gasteiger partial charge is 0.00206 e. The van der Waals surface area contributed by atoms with Crippen LogP contribution in [0.15, 0.2) is 419 Å². The summed E-state index contributed by atoms with van der Waals surface area (Å²) in [7, 11) is 0. The molecule has 0 amide bonds. The monoisotopic (exact) mass is 1630 g/mol. The Morgan fingerprint density at radius 1 is 0.125 bits per heavy atom. The molecule has 0 bridgehead atoms. The van der Waals surface area contributed by atoms with Gasteiger partial charge in [0.2, 0.25) is 0 Å². The standard InChI is InChI=1S/C46H34.C42H32.C40H30/c1-46(2,3)45-40-19-8-7-18-37(40)44(34-17-9-16-31(26-34)29-12-5-4-6-13-29)39-25-23-33(28-42(39)45)32-22-24-35-36-20-10-14-30-15-11-21-38(43(30)36)41(35)27-32;1-42(2,3)41-37-20-12-11-19-35(37)40(27-13-5-4-6-14-27)36-24-22-29(26-39(36)41)28-21-23-34-32-17-8-7-15-30(32)31-16-9-10-18-33(31)38(34)25-28;1-40(2,3)39-33-17-8-7-16-30(33)37(25-11-5-4-6-12-25)32-22-21-28(23-35(32)39)34-24-29-15-9-13-26-19-20-27-14-10-18-31(34)38(27)36(26)29/h4-28H,1-3H3;4-26H,1-3H3;4-24H,1-3H3. The lowest BCUT2D eigenvalue weighted by Gasteiger charge is -2.27. The van der Waals surface area contributed by atoms with Crippen LogP contribution in [0.4, 0.5) is 0 Å². The van der Waals surface area contributed by atoms with Crippen molar-refractivity contribution in [2.45, 2.75) is 78.6 Å². The summed E-state index contributed by atoms with van der Waals surface area (Å²) in [5, 5.41) is 34.4. The second-order valence-electron chi connectivity index (χ2n) is 38.4. The quantitative estimate of drug-likeness (QED) is 0.110. The van der Waals surface area contributed by atoms with Crippen molar-refractivity contribution in [1.29, 1.82) is 0 Å². The molecule has 128 heavy (non-hydrogen) atoms. The third-order valence-electron chi connectivity index (χ3n) is 27.4. The highest BCUT2D eigenvalue weighted by Gasteiger charge is 2.30. The van der Waals surface area contributed by atoms with E-state index in [2.05, 4.69) is 481 Å². The van der Waals surface area contributed by atoms with Crippen LogP contribution in [-0.2, 0) is 16.2 Å². The summed E-state index contributed by atoms with van der Waals surface area (Å²) in [6.07, 6.45) is 0. The molecule has 0 heteroatoms. The molecule has 24 aromatic carbocycles. The zero-order valence-electron chi connectivity index (χ0n) is 73.8. The highest BCUT2D eigenvalue weighted by atomic mass is 14.3. The molecule has 1 aliphatic rings. The van der Waals surface area contributed by atoms with Crippen LogP contribution in [0.2, 0.25) is 0 Å². The number of hydrogen-bond donors (Lipinski definition) is 0. The molecule has 0 spiro atoms. The molecule has 0 radical (unpaired) electrons. The average molecular weight is 1630 g/mol. The van der Waals surface area contributed by atoms with Gasteiger partial charge in [0.1, 0.15) is 0 Å². The number of fused-ring (bicyclic) bond motifs is 15. The van der Waals surface area contributed by atoms with Gasteiger partial charge in [-0.25, -0.2) is 0 Å². The lowest BCUT2D eigenvalue weighted by molar-refractivity contribution is 0.601. The first-order chi connectivity index (χ1) is 62.4. The zero-order valence-corrected chi connectivity index (χ0v) is 73.8. The molecule has 0 heterocycles. The van der Waals surface area contributed by atoms with Gasteiger partial charge in [-0.3, -0.25) is 0 Å². The lowest BCUT2D eigenvalue weighted by Crippen LogP contribution is -2.13. The van der Waals surface area contributed by atoms with Crippen LogP contribution in [0.1, 0.15) is 79.0 Å². The maximum atomic E-state index is 2.47. The summed E-state index contributed by atoms with van der Waals surface area (Å²) < 4.78 is 0. The van der Waals surface area contributed by atoms with Crippen LogP contribution in [0, 0.1) is 0 Å². The highest BCUT2D eigenvalue weighted by Crippen LogP contribution is 2.54. The minimum atomic E-state index is -0.0455. The van der Waals surface area contributed by atoms with Gasteiger partial charge in [-0.05, 0) is 316 Å². The molecule has 0 nitrogen and oxygen atoms in total. The van der Waals surface area contributed by atoms with Gasteiger partial charge in [-0.15, -0.1) is 0 Å². The summed E-state index contributed by atoms with van der Waals surface area (Å²) in [5.41, 5.74) is 27.2. The van der Waals surface area contributed by atoms with Crippen molar-refractivity contribution in [2.24, 2.45) is 0 Å². The molecule has 1 aliphatic carbocycles. The molecule has 608 valence electrons. The van der Waals surface area contributed by atoms with Gasteiger partial charge in [0.25, 0.3) is 0 Å². The first-order valence-electron chi connectivity index (χ1n) is 45.3. The summed E-state index contributed by atoms with van der Waals surface area (Å²) in [5.74, 6) is 0. The molecule has 25 rings (SSSR count). The van der Waals surface area contributed by atoms with Crippen LogP contribution >= 0.6 is 0 Å². The second kappa shape index (κ2) is 30.4. The molecule has 0 aromatic heterocycles. The Morgan fingerprint density at radius 2 is 0.422 bits per heavy atom. The van der Waals surface area contributed by atoms with E-state index >= 15 is 0 Å². The Bertz CT molecular complexity index is 8600. The first kappa shape index (κ1) is 77.7. The van der Waals surface area contributed by atoms with E-state index < -0.39 is 0 Å². The van der Waals surface area contributed by atoms with Gasteiger partial charge in [-0.1, -0.05) is 438 Å². The lowest BCUT2D eigenvalue weighted by atomic mass is 9.77. The van der Waals surface area contributed by atoms with Gasteiger partial charge in [0.15, 0.2) is 0 Å². The maximum Gasteiger partial charge on any atom is -0.00206 e. The number of hydrogen-bond acceptors (Lipinski definition) is 0. The fraction of sp³-hybridized carbons (Fsp3) is 0.0938. The third kappa shape index (κ3) is 12.9. The average Bonchev–Trinajstić information content (AvgIpc) is 0.806. The van der Waals surface area contributed by atoms with Crippen molar-refractivity contribution < 1.29 is 0 Å². The van der Waals surface area contributed by atoms with Crippen LogP contribution in [-0.4, -0.2) is 0 Å². The largest absolute Gasteiger partial charge is 0.0622 e. The van der Waals surface area contributed by atoms with Crippen LogP contribution in [0.5, 0.6) is 0 Å². The van der Waals surface area contributed by atoms with E-state index in [1.165, 1.54) is 257 Å². The number of benzene rings is 24. The maximum absolute atomic E-state index is 2.47. The summed E-state index contributed by atoms with van der Waals surface area (Å²) in [6, 6.07) is 155. The fourth-order valence-corrected chi connectivity index (χ4v) is 22.2. The van der Waals surface area contributed by atoms with E-state index in [0.29, 0.717) is 0 Å². The van der Waals surface area contributed by atoms with Gasteiger partial charge in [0.05, 0.1) is 0 Å². The molecule has 24 aromatic rings. The molecular formula is C128H96. The van der Waals surface area contributed by atoms with E-state index in [1.54, 1.807) is 0 Å². The van der Waals surface area contributed by atoms with Crippen LogP contribution < -0.4 is 0 Å². The molecule has 0 aliphatic heterocycles. The minimum Gasteiger partial charge on any atom is -0.0622 e. The first-order valence-corrected chi connectivity index (χ1v) is 45.3. The molecule has 0 atom stereocenters. The Kier molecular flexibility index (Phi) is 18.4. The van der Waals surface area contributed by atoms with Gasteiger partial charge >= 0.3 is 0 Å². The Balaban J connectivity index is 0.000000110. The predicted molar refractivity (Wildman–Crippen MR) is 557 cm³/mol. The van der Waals surface area contributed by atoms with Gasteiger partial charge < -0.3 is 0 Å². The van der Waals surface area contributed by atoms with E-state index in [9.17, 15) is 0 Å². The minimum absolute atomic E-state index is 0.0230. The Labute approximate surface area is 748 Å². The Hall–Kier alpha value is -15.1. The van der Waals surface area contributed by atoms with Gasteiger partial charge in [0, 0.05) is 0 Å².